The number of aliphatic imine (C=N–C) groups is 1. The van der Waals surface area contributed by atoms with Gasteiger partial charge in [-0.3, -0.25) is 4.99 Å². The van der Waals surface area contributed by atoms with E-state index in [0.717, 1.165) is 72.7 Å². The first-order valence-electron chi connectivity index (χ1n) is 9.63. The average Bonchev–Trinajstić information content (AvgIpc) is 3.15. The molecule has 2 heterocycles. The SMILES string of the molecule is CN=C(NCCc1nc2ccccc2[nH]1)N1CCN(c2ccccc2Cl)CC1. The maximum absolute atomic E-state index is 6.34. The van der Waals surface area contributed by atoms with Crippen molar-refractivity contribution in [2.75, 3.05) is 44.7 Å². The number of benzene rings is 2. The number of aromatic nitrogens is 2. The maximum Gasteiger partial charge on any atom is 0.193 e. The van der Waals surface area contributed by atoms with Crippen molar-refractivity contribution < 1.29 is 0 Å². The number of halogens is 1. The van der Waals surface area contributed by atoms with E-state index >= 15 is 0 Å². The second-order valence-corrected chi connectivity index (χ2v) is 7.26. The van der Waals surface area contributed by atoms with Crippen LogP contribution in [-0.4, -0.2) is 60.6 Å². The smallest absolute Gasteiger partial charge is 0.193 e. The zero-order chi connectivity index (χ0) is 19.3. The Morgan fingerprint density at radius 1 is 1.11 bits per heavy atom. The quantitative estimate of drug-likeness (QED) is 0.525. The van der Waals surface area contributed by atoms with Gasteiger partial charge in [0.15, 0.2) is 5.96 Å². The largest absolute Gasteiger partial charge is 0.367 e. The van der Waals surface area contributed by atoms with E-state index < -0.39 is 0 Å². The Balaban J connectivity index is 1.29. The molecule has 1 aliphatic rings. The van der Waals surface area contributed by atoms with E-state index in [2.05, 4.69) is 42.2 Å². The summed E-state index contributed by atoms with van der Waals surface area (Å²) < 4.78 is 0. The van der Waals surface area contributed by atoms with E-state index in [-0.39, 0.29) is 0 Å². The number of nitrogens with zero attached hydrogens (tertiary/aromatic N) is 4. The molecule has 6 nitrogen and oxygen atoms in total. The fourth-order valence-electron chi connectivity index (χ4n) is 3.62. The molecule has 0 atom stereocenters. The molecular formula is C21H25ClN6. The summed E-state index contributed by atoms with van der Waals surface area (Å²) >= 11 is 6.34. The van der Waals surface area contributed by atoms with Crippen LogP contribution in [0.3, 0.4) is 0 Å². The van der Waals surface area contributed by atoms with Crippen molar-refractivity contribution in [3.63, 3.8) is 0 Å². The first-order valence-corrected chi connectivity index (χ1v) is 10.0. The molecule has 0 aliphatic carbocycles. The molecule has 0 amide bonds. The molecule has 4 rings (SSSR count). The van der Waals surface area contributed by atoms with Crippen molar-refractivity contribution in [2.24, 2.45) is 4.99 Å². The van der Waals surface area contributed by atoms with E-state index in [1.165, 1.54) is 0 Å². The van der Waals surface area contributed by atoms with Crippen LogP contribution in [0, 0.1) is 0 Å². The molecule has 3 aromatic rings. The molecule has 0 radical (unpaired) electrons. The first kappa shape index (κ1) is 18.6. The molecule has 146 valence electrons. The second-order valence-electron chi connectivity index (χ2n) is 6.85. The van der Waals surface area contributed by atoms with E-state index in [1.54, 1.807) is 0 Å². The summed E-state index contributed by atoms with van der Waals surface area (Å²) in [5.74, 6) is 1.93. The third kappa shape index (κ3) is 4.07. The van der Waals surface area contributed by atoms with Crippen molar-refractivity contribution in [1.29, 1.82) is 0 Å². The molecule has 0 bridgehead atoms. The molecule has 1 aliphatic heterocycles. The van der Waals surface area contributed by atoms with Crippen molar-refractivity contribution in [1.82, 2.24) is 20.2 Å². The lowest BCUT2D eigenvalue weighted by Gasteiger charge is -2.38. The zero-order valence-electron chi connectivity index (χ0n) is 16.0. The third-order valence-corrected chi connectivity index (χ3v) is 5.39. The number of piperazine rings is 1. The van der Waals surface area contributed by atoms with Crippen molar-refractivity contribution in [3.05, 3.63) is 59.4 Å². The summed E-state index contributed by atoms with van der Waals surface area (Å²) in [5, 5.41) is 4.28. The highest BCUT2D eigenvalue weighted by Crippen LogP contribution is 2.26. The zero-order valence-corrected chi connectivity index (χ0v) is 16.8. The van der Waals surface area contributed by atoms with E-state index in [0.29, 0.717) is 0 Å². The van der Waals surface area contributed by atoms with E-state index in [9.17, 15) is 0 Å². The highest BCUT2D eigenvalue weighted by atomic mass is 35.5. The highest BCUT2D eigenvalue weighted by molar-refractivity contribution is 6.33. The number of para-hydroxylation sites is 3. The van der Waals surface area contributed by atoms with E-state index in [1.807, 2.05) is 43.4 Å². The topological polar surface area (TPSA) is 59.6 Å². The van der Waals surface area contributed by atoms with Crippen LogP contribution in [0.5, 0.6) is 0 Å². The average molecular weight is 397 g/mol. The summed E-state index contributed by atoms with van der Waals surface area (Å²) in [4.78, 5) is 17.1. The van der Waals surface area contributed by atoms with Crippen LogP contribution in [-0.2, 0) is 6.42 Å². The molecule has 2 N–H and O–H groups in total. The summed E-state index contributed by atoms with van der Waals surface area (Å²) in [6, 6.07) is 16.1. The van der Waals surface area contributed by atoms with Gasteiger partial charge in [0, 0.05) is 46.2 Å². The highest BCUT2D eigenvalue weighted by Gasteiger charge is 2.20. The van der Waals surface area contributed by atoms with Gasteiger partial charge in [-0.25, -0.2) is 4.98 Å². The van der Waals surface area contributed by atoms with Crippen molar-refractivity contribution >= 4 is 34.3 Å². The second kappa shape index (κ2) is 8.52. The standard InChI is InChI=1S/C21H25ClN6/c1-23-21(24-11-10-20-25-17-7-3-4-8-18(17)26-20)28-14-12-27(13-15-28)19-9-5-2-6-16(19)22/h2-9H,10-15H2,1H3,(H,23,24)(H,25,26). The number of aromatic amines is 1. The fraction of sp³-hybridized carbons (Fsp3) is 0.333. The number of hydrogen-bond donors (Lipinski definition) is 2. The minimum atomic E-state index is 0.789. The van der Waals surface area contributed by atoms with Gasteiger partial charge in [-0.1, -0.05) is 35.9 Å². The van der Waals surface area contributed by atoms with Crippen molar-refractivity contribution in [3.8, 4) is 0 Å². The Kier molecular flexibility index (Phi) is 5.67. The van der Waals surface area contributed by atoms with Crippen LogP contribution in [0.1, 0.15) is 5.82 Å². The Hall–Kier alpha value is -2.73. The summed E-state index contributed by atoms with van der Waals surface area (Å²) in [6.45, 7) is 4.46. The van der Waals surface area contributed by atoms with E-state index in [4.69, 9.17) is 11.6 Å². The van der Waals surface area contributed by atoms with Crippen LogP contribution < -0.4 is 10.2 Å². The molecule has 0 unspecified atom stereocenters. The number of fused-ring (bicyclic) bond motifs is 1. The molecule has 1 aromatic heterocycles. The van der Waals surface area contributed by atoms with Gasteiger partial charge in [0.1, 0.15) is 5.82 Å². The monoisotopic (exact) mass is 396 g/mol. The van der Waals surface area contributed by atoms with Gasteiger partial charge in [0.2, 0.25) is 0 Å². The number of H-pyrrole nitrogens is 1. The number of hydrogen-bond acceptors (Lipinski definition) is 3. The number of nitrogens with one attached hydrogen (secondary N) is 2. The van der Waals surface area contributed by atoms with Gasteiger partial charge >= 0.3 is 0 Å². The number of guanidine groups is 1. The van der Waals surface area contributed by atoms with Gasteiger partial charge < -0.3 is 20.1 Å². The molecule has 0 saturated carbocycles. The lowest BCUT2D eigenvalue weighted by molar-refractivity contribution is 0.373. The normalized spacial score (nSPS) is 15.3. The van der Waals surface area contributed by atoms with Gasteiger partial charge in [0.05, 0.1) is 21.7 Å². The Labute approximate surface area is 170 Å². The fourth-order valence-corrected chi connectivity index (χ4v) is 3.87. The van der Waals surface area contributed by atoms with Crippen molar-refractivity contribution in [2.45, 2.75) is 6.42 Å². The number of imidazole rings is 1. The Bertz CT molecular complexity index is 925. The molecule has 7 heteroatoms. The maximum atomic E-state index is 6.34. The molecule has 2 aromatic carbocycles. The van der Waals surface area contributed by atoms with Gasteiger partial charge in [-0.05, 0) is 24.3 Å². The molecule has 28 heavy (non-hydrogen) atoms. The lowest BCUT2D eigenvalue weighted by Crippen LogP contribution is -2.52. The molecule has 1 fully saturated rings. The lowest BCUT2D eigenvalue weighted by atomic mass is 10.2. The summed E-state index contributed by atoms with van der Waals surface area (Å²) in [7, 11) is 1.84. The Morgan fingerprint density at radius 3 is 2.61 bits per heavy atom. The van der Waals surface area contributed by atoms with Gasteiger partial charge in [-0.15, -0.1) is 0 Å². The van der Waals surface area contributed by atoms with Crippen LogP contribution >= 0.6 is 11.6 Å². The minimum absolute atomic E-state index is 0.789. The molecule has 0 spiro atoms. The summed E-state index contributed by atoms with van der Waals surface area (Å²) in [5.41, 5.74) is 3.20. The molecule has 1 saturated heterocycles. The van der Waals surface area contributed by atoms with Gasteiger partial charge in [-0.2, -0.15) is 0 Å². The number of rotatable bonds is 4. The third-order valence-electron chi connectivity index (χ3n) is 5.07. The first-order chi connectivity index (χ1) is 13.7. The summed E-state index contributed by atoms with van der Waals surface area (Å²) in [6.07, 6.45) is 0.827. The number of anilines is 1. The van der Waals surface area contributed by atoms with Crippen LogP contribution in [0.15, 0.2) is 53.5 Å². The predicted molar refractivity (Wildman–Crippen MR) is 116 cm³/mol. The van der Waals surface area contributed by atoms with Gasteiger partial charge in [0.25, 0.3) is 0 Å². The minimum Gasteiger partial charge on any atom is -0.367 e. The van der Waals surface area contributed by atoms with Crippen LogP contribution in [0.4, 0.5) is 5.69 Å². The molecular weight excluding hydrogens is 372 g/mol. The van der Waals surface area contributed by atoms with Crippen LogP contribution in [0.25, 0.3) is 11.0 Å². The Morgan fingerprint density at radius 2 is 1.86 bits per heavy atom. The van der Waals surface area contributed by atoms with Crippen LogP contribution in [0.2, 0.25) is 5.02 Å². The predicted octanol–water partition coefficient (Wildman–Crippen LogP) is 3.16.